The third kappa shape index (κ3) is 2.38. The van der Waals surface area contributed by atoms with E-state index in [0.717, 1.165) is 10.4 Å². The molecule has 0 unspecified atom stereocenters. The maximum absolute atomic E-state index is 12.9. The van der Waals surface area contributed by atoms with Crippen molar-refractivity contribution in [3.8, 4) is 10.6 Å². The van der Waals surface area contributed by atoms with Gasteiger partial charge in [0, 0.05) is 5.69 Å². The van der Waals surface area contributed by atoms with E-state index in [1.54, 1.807) is 4.57 Å². The van der Waals surface area contributed by atoms with Crippen LogP contribution in [0.15, 0.2) is 52.9 Å². The van der Waals surface area contributed by atoms with Gasteiger partial charge in [0.15, 0.2) is 5.69 Å². The van der Waals surface area contributed by atoms with Crippen molar-refractivity contribution in [3.63, 3.8) is 0 Å². The van der Waals surface area contributed by atoms with Gasteiger partial charge in [0.25, 0.3) is 11.3 Å². The van der Waals surface area contributed by atoms with Gasteiger partial charge in [0.2, 0.25) is 0 Å². The molecule has 0 fully saturated rings. The van der Waals surface area contributed by atoms with Gasteiger partial charge in [-0.3, -0.25) is 9.36 Å². The Kier molecular flexibility index (Phi) is 3.16. The van der Waals surface area contributed by atoms with Crippen LogP contribution in [-0.2, 0) is 6.54 Å². The molecule has 7 nitrogen and oxygen atoms in total. The molecule has 1 aromatic carbocycles. The van der Waals surface area contributed by atoms with Gasteiger partial charge in [-0.1, -0.05) is 18.2 Å². The molecule has 3 heterocycles. The van der Waals surface area contributed by atoms with Crippen molar-refractivity contribution in [1.82, 2.24) is 24.4 Å². The predicted molar refractivity (Wildman–Crippen MR) is 88.3 cm³/mol. The number of thiophene rings is 1. The molecule has 0 aliphatic carbocycles. The highest BCUT2D eigenvalue weighted by atomic mass is 32.1. The van der Waals surface area contributed by atoms with Gasteiger partial charge in [-0.15, -0.1) is 21.5 Å². The Morgan fingerprint density at radius 3 is 2.74 bits per heavy atom. The van der Waals surface area contributed by atoms with Crippen LogP contribution >= 0.6 is 11.3 Å². The minimum atomic E-state index is -0.190. The highest BCUT2D eigenvalue weighted by Crippen LogP contribution is 2.19. The standard InChI is InChI=1S/C15H12N6OS/c16-11-5-3-10(4-6-11)8-20-14(22)13(12-2-1-7-23-12)19-21-9-17-18-15(20)21/h1-7,9H,8,16H2. The minimum absolute atomic E-state index is 0.190. The van der Waals surface area contributed by atoms with Gasteiger partial charge in [-0.05, 0) is 29.1 Å². The molecular weight excluding hydrogens is 312 g/mol. The SMILES string of the molecule is Nc1ccc(Cn2c(=O)c(-c3cccs3)nn3cnnc23)cc1. The molecule has 0 atom stereocenters. The lowest BCUT2D eigenvalue weighted by molar-refractivity contribution is 0.722. The van der Waals surface area contributed by atoms with Crippen LogP contribution in [-0.4, -0.2) is 24.4 Å². The van der Waals surface area contributed by atoms with Crippen LogP contribution in [0.2, 0.25) is 0 Å². The molecule has 0 aliphatic heterocycles. The van der Waals surface area contributed by atoms with E-state index in [0.29, 0.717) is 23.7 Å². The molecule has 4 rings (SSSR count). The Bertz CT molecular complexity index is 1020. The van der Waals surface area contributed by atoms with Crippen molar-refractivity contribution in [3.05, 3.63) is 64.0 Å². The van der Waals surface area contributed by atoms with Crippen molar-refractivity contribution in [2.75, 3.05) is 5.73 Å². The third-order valence-electron chi connectivity index (χ3n) is 3.48. The van der Waals surface area contributed by atoms with Crippen LogP contribution in [0.3, 0.4) is 0 Å². The van der Waals surface area contributed by atoms with Crippen molar-refractivity contribution >= 4 is 22.8 Å². The molecule has 3 aromatic heterocycles. The van der Waals surface area contributed by atoms with E-state index >= 15 is 0 Å². The zero-order valence-corrected chi connectivity index (χ0v) is 12.8. The van der Waals surface area contributed by atoms with Crippen molar-refractivity contribution < 1.29 is 0 Å². The largest absolute Gasteiger partial charge is 0.399 e. The van der Waals surface area contributed by atoms with E-state index in [1.807, 2.05) is 41.8 Å². The number of nitrogens with zero attached hydrogens (tertiary/aromatic N) is 5. The van der Waals surface area contributed by atoms with Gasteiger partial charge < -0.3 is 5.73 Å². The minimum Gasteiger partial charge on any atom is -0.399 e. The summed E-state index contributed by atoms with van der Waals surface area (Å²) in [7, 11) is 0. The second-order valence-corrected chi connectivity index (χ2v) is 5.98. The first-order valence-electron chi connectivity index (χ1n) is 6.91. The van der Waals surface area contributed by atoms with E-state index < -0.39 is 0 Å². The molecule has 0 radical (unpaired) electrons. The summed E-state index contributed by atoms with van der Waals surface area (Å²) in [4.78, 5) is 13.7. The molecule has 114 valence electrons. The average molecular weight is 324 g/mol. The van der Waals surface area contributed by atoms with Crippen LogP contribution in [0, 0.1) is 0 Å². The first-order valence-corrected chi connectivity index (χ1v) is 7.79. The van der Waals surface area contributed by atoms with Gasteiger partial charge in [0.1, 0.15) is 6.33 Å². The smallest absolute Gasteiger partial charge is 0.282 e. The van der Waals surface area contributed by atoms with E-state index in [1.165, 1.54) is 22.2 Å². The summed E-state index contributed by atoms with van der Waals surface area (Å²) < 4.78 is 3.09. The fourth-order valence-corrected chi connectivity index (χ4v) is 3.06. The van der Waals surface area contributed by atoms with Gasteiger partial charge in [0.05, 0.1) is 11.4 Å². The molecule has 2 N–H and O–H groups in total. The molecule has 0 spiro atoms. The van der Waals surface area contributed by atoms with E-state index in [4.69, 9.17) is 5.73 Å². The maximum Gasteiger partial charge on any atom is 0.282 e. The summed E-state index contributed by atoms with van der Waals surface area (Å²) in [5.41, 5.74) is 7.55. The fraction of sp³-hybridized carbons (Fsp3) is 0.0667. The molecular formula is C15H12N6OS. The fourth-order valence-electron chi connectivity index (χ4n) is 2.36. The number of hydrogen-bond donors (Lipinski definition) is 1. The second kappa shape index (κ2) is 5.33. The van der Waals surface area contributed by atoms with Crippen molar-refractivity contribution in [1.29, 1.82) is 0 Å². The van der Waals surface area contributed by atoms with Gasteiger partial charge >= 0.3 is 0 Å². The molecule has 0 saturated heterocycles. The number of hydrogen-bond acceptors (Lipinski definition) is 6. The first kappa shape index (κ1) is 13.6. The molecule has 0 amide bonds. The van der Waals surface area contributed by atoms with Crippen LogP contribution < -0.4 is 11.3 Å². The quantitative estimate of drug-likeness (QED) is 0.579. The van der Waals surface area contributed by atoms with Crippen LogP contribution in [0.5, 0.6) is 0 Å². The Labute approximate surface area is 134 Å². The monoisotopic (exact) mass is 324 g/mol. The Morgan fingerprint density at radius 2 is 2.00 bits per heavy atom. The molecule has 4 aromatic rings. The zero-order chi connectivity index (χ0) is 15.8. The number of anilines is 1. The highest BCUT2D eigenvalue weighted by molar-refractivity contribution is 7.13. The second-order valence-electron chi connectivity index (χ2n) is 5.03. The number of nitrogen functional groups attached to an aromatic ring is 1. The summed E-state index contributed by atoms with van der Waals surface area (Å²) in [6.45, 7) is 0.377. The number of aromatic nitrogens is 5. The van der Waals surface area contributed by atoms with Crippen LogP contribution in [0.25, 0.3) is 16.3 Å². The summed E-state index contributed by atoms with van der Waals surface area (Å²) in [5.74, 6) is 0.409. The Morgan fingerprint density at radius 1 is 1.17 bits per heavy atom. The van der Waals surface area contributed by atoms with Crippen molar-refractivity contribution in [2.45, 2.75) is 6.54 Å². The first-order chi connectivity index (χ1) is 11.2. The zero-order valence-electron chi connectivity index (χ0n) is 12.0. The number of benzene rings is 1. The normalized spacial score (nSPS) is 11.1. The van der Waals surface area contributed by atoms with E-state index in [-0.39, 0.29) is 5.56 Å². The number of rotatable bonds is 3. The average Bonchev–Trinajstić information content (AvgIpc) is 3.22. The van der Waals surface area contributed by atoms with Crippen LogP contribution in [0.1, 0.15) is 5.56 Å². The maximum atomic E-state index is 12.9. The lowest BCUT2D eigenvalue weighted by Crippen LogP contribution is -2.26. The Hall–Kier alpha value is -3.00. The van der Waals surface area contributed by atoms with E-state index in [2.05, 4.69) is 15.3 Å². The molecule has 23 heavy (non-hydrogen) atoms. The van der Waals surface area contributed by atoms with Crippen molar-refractivity contribution in [2.24, 2.45) is 0 Å². The molecule has 0 bridgehead atoms. The highest BCUT2D eigenvalue weighted by Gasteiger charge is 2.15. The third-order valence-corrected chi connectivity index (χ3v) is 4.36. The predicted octanol–water partition coefficient (Wildman–Crippen LogP) is 1.65. The summed E-state index contributed by atoms with van der Waals surface area (Å²) in [6.07, 6.45) is 1.49. The molecule has 8 heteroatoms. The number of fused-ring (bicyclic) bond motifs is 1. The van der Waals surface area contributed by atoms with Gasteiger partial charge in [-0.25, -0.2) is 0 Å². The molecule has 0 saturated carbocycles. The lowest BCUT2D eigenvalue weighted by Gasteiger charge is -2.09. The topological polar surface area (TPSA) is 91.1 Å². The van der Waals surface area contributed by atoms with Gasteiger partial charge in [-0.2, -0.15) is 9.61 Å². The lowest BCUT2D eigenvalue weighted by atomic mass is 10.2. The summed E-state index contributed by atoms with van der Waals surface area (Å²) in [5, 5.41) is 14.1. The number of nitrogens with two attached hydrogens (primary N) is 1. The molecule has 0 aliphatic rings. The Balaban J connectivity index is 1.90. The summed E-state index contributed by atoms with van der Waals surface area (Å²) in [6, 6.07) is 11.2. The summed E-state index contributed by atoms with van der Waals surface area (Å²) >= 11 is 1.47. The van der Waals surface area contributed by atoms with Crippen LogP contribution in [0.4, 0.5) is 5.69 Å². The van der Waals surface area contributed by atoms with E-state index in [9.17, 15) is 4.79 Å².